The summed E-state index contributed by atoms with van der Waals surface area (Å²) < 4.78 is 5.14. The van der Waals surface area contributed by atoms with Crippen LogP contribution in [0.2, 0.25) is 0 Å². The van der Waals surface area contributed by atoms with Gasteiger partial charge in [-0.3, -0.25) is 0 Å². The van der Waals surface area contributed by atoms with E-state index in [0.717, 1.165) is 29.7 Å². The van der Waals surface area contributed by atoms with Crippen LogP contribution in [-0.2, 0) is 12.8 Å². The van der Waals surface area contributed by atoms with Gasteiger partial charge in [0.2, 0.25) is 0 Å². The predicted molar refractivity (Wildman–Crippen MR) is 59.2 cm³/mol. The summed E-state index contributed by atoms with van der Waals surface area (Å²) in [6.45, 7) is 0.341. The highest BCUT2D eigenvalue weighted by atomic mass is 16.5. The SMILES string of the molecule is COc1ccc(CCO)c(CCCO)c1. The summed E-state index contributed by atoms with van der Waals surface area (Å²) in [7, 11) is 1.64. The van der Waals surface area contributed by atoms with Crippen LogP contribution in [0, 0.1) is 0 Å². The minimum absolute atomic E-state index is 0.151. The Morgan fingerprint density at radius 1 is 1.07 bits per heavy atom. The van der Waals surface area contributed by atoms with E-state index in [-0.39, 0.29) is 13.2 Å². The molecule has 0 bridgehead atoms. The van der Waals surface area contributed by atoms with E-state index in [1.807, 2.05) is 18.2 Å². The summed E-state index contributed by atoms with van der Waals surface area (Å²) in [5.74, 6) is 0.824. The largest absolute Gasteiger partial charge is 0.497 e. The minimum atomic E-state index is 0.151. The minimum Gasteiger partial charge on any atom is -0.497 e. The molecule has 0 fully saturated rings. The van der Waals surface area contributed by atoms with Gasteiger partial charge in [-0.2, -0.15) is 0 Å². The second-order valence-corrected chi connectivity index (χ2v) is 3.44. The van der Waals surface area contributed by atoms with Crippen molar-refractivity contribution in [1.29, 1.82) is 0 Å². The Hall–Kier alpha value is -1.06. The van der Waals surface area contributed by atoms with Crippen molar-refractivity contribution in [2.45, 2.75) is 19.3 Å². The monoisotopic (exact) mass is 210 g/mol. The molecule has 0 heterocycles. The molecule has 0 spiro atoms. The van der Waals surface area contributed by atoms with E-state index in [1.54, 1.807) is 7.11 Å². The third kappa shape index (κ3) is 3.53. The number of rotatable bonds is 6. The maximum Gasteiger partial charge on any atom is 0.119 e. The summed E-state index contributed by atoms with van der Waals surface area (Å²) >= 11 is 0. The van der Waals surface area contributed by atoms with E-state index < -0.39 is 0 Å². The first-order chi connectivity index (χ1) is 7.31. The number of aryl methyl sites for hydroxylation is 1. The van der Waals surface area contributed by atoms with E-state index in [0.29, 0.717) is 6.42 Å². The second-order valence-electron chi connectivity index (χ2n) is 3.44. The molecule has 1 aromatic rings. The molecule has 0 aliphatic heterocycles. The van der Waals surface area contributed by atoms with E-state index in [2.05, 4.69) is 0 Å². The molecular formula is C12H18O3. The fourth-order valence-electron chi connectivity index (χ4n) is 1.60. The van der Waals surface area contributed by atoms with Gasteiger partial charge in [-0.25, -0.2) is 0 Å². The van der Waals surface area contributed by atoms with Crippen LogP contribution in [0.25, 0.3) is 0 Å². The van der Waals surface area contributed by atoms with Crippen LogP contribution in [0.15, 0.2) is 18.2 Å². The topological polar surface area (TPSA) is 49.7 Å². The summed E-state index contributed by atoms with van der Waals surface area (Å²) in [4.78, 5) is 0. The predicted octanol–water partition coefficient (Wildman–Crippen LogP) is 1.15. The molecule has 1 aromatic carbocycles. The molecule has 0 saturated carbocycles. The van der Waals surface area contributed by atoms with Gasteiger partial charge < -0.3 is 14.9 Å². The molecule has 15 heavy (non-hydrogen) atoms. The molecule has 0 atom stereocenters. The van der Waals surface area contributed by atoms with Crippen LogP contribution < -0.4 is 4.74 Å². The van der Waals surface area contributed by atoms with Crippen molar-refractivity contribution in [1.82, 2.24) is 0 Å². The average molecular weight is 210 g/mol. The number of hydrogen-bond donors (Lipinski definition) is 2. The van der Waals surface area contributed by atoms with Crippen molar-refractivity contribution in [2.75, 3.05) is 20.3 Å². The number of hydrogen-bond acceptors (Lipinski definition) is 3. The lowest BCUT2D eigenvalue weighted by Crippen LogP contribution is -2.00. The van der Waals surface area contributed by atoms with Crippen molar-refractivity contribution in [3.8, 4) is 5.75 Å². The maximum atomic E-state index is 8.92. The third-order valence-corrected chi connectivity index (χ3v) is 2.40. The molecule has 3 nitrogen and oxygen atoms in total. The molecule has 1 rings (SSSR count). The van der Waals surface area contributed by atoms with Crippen molar-refractivity contribution in [2.24, 2.45) is 0 Å². The summed E-state index contributed by atoms with van der Waals surface area (Å²) in [6.07, 6.45) is 2.22. The molecule has 0 radical (unpaired) electrons. The smallest absolute Gasteiger partial charge is 0.119 e. The van der Waals surface area contributed by atoms with Gasteiger partial charge in [0.15, 0.2) is 0 Å². The third-order valence-electron chi connectivity index (χ3n) is 2.40. The van der Waals surface area contributed by atoms with Gasteiger partial charge in [0.25, 0.3) is 0 Å². The lowest BCUT2D eigenvalue weighted by atomic mass is 10.0. The Balaban J connectivity index is 2.83. The van der Waals surface area contributed by atoms with Crippen molar-refractivity contribution < 1.29 is 14.9 Å². The fraction of sp³-hybridized carbons (Fsp3) is 0.500. The zero-order valence-corrected chi connectivity index (χ0v) is 9.07. The standard InChI is InChI=1S/C12H18O3/c1-15-12-5-4-10(6-8-14)11(9-12)3-2-7-13/h4-5,9,13-14H,2-3,6-8H2,1H3. The lowest BCUT2D eigenvalue weighted by molar-refractivity contribution is 0.287. The quantitative estimate of drug-likeness (QED) is 0.740. The zero-order chi connectivity index (χ0) is 11.1. The van der Waals surface area contributed by atoms with Crippen molar-refractivity contribution >= 4 is 0 Å². The molecule has 3 heteroatoms. The Kier molecular flexibility index (Phi) is 5.15. The number of aliphatic hydroxyl groups excluding tert-OH is 2. The van der Waals surface area contributed by atoms with Crippen LogP contribution in [0.1, 0.15) is 17.5 Å². The summed E-state index contributed by atoms with van der Waals surface area (Å²) in [5.41, 5.74) is 2.28. The molecule has 84 valence electrons. The highest BCUT2D eigenvalue weighted by Crippen LogP contribution is 2.19. The first kappa shape index (κ1) is 12.0. The molecule has 0 aliphatic rings. The Labute approximate surface area is 90.3 Å². The Morgan fingerprint density at radius 3 is 2.47 bits per heavy atom. The van der Waals surface area contributed by atoms with Gasteiger partial charge in [0, 0.05) is 13.2 Å². The van der Waals surface area contributed by atoms with Gasteiger partial charge in [0.1, 0.15) is 5.75 Å². The van der Waals surface area contributed by atoms with Gasteiger partial charge in [-0.1, -0.05) is 6.07 Å². The van der Waals surface area contributed by atoms with E-state index in [9.17, 15) is 0 Å². The zero-order valence-electron chi connectivity index (χ0n) is 9.07. The van der Waals surface area contributed by atoms with Crippen LogP contribution in [0.4, 0.5) is 0 Å². The molecule has 0 saturated heterocycles. The normalized spacial score (nSPS) is 10.3. The average Bonchev–Trinajstić information content (AvgIpc) is 2.28. The molecular weight excluding hydrogens is 192 g/mol. The van der Waals surface area contributed by atoms with E-state index >= 15 is 0 Å². The fourth-order valence-corrected chi connectivity index (χ4v) is 1.60. The lowest BCUT2D eigenvalue weighted by Gasteiger charge is -2.10. The second kappa shape index (κ2) is 6.43. The van der Waals surface area contributed by atoms with Crippen LogP contribution in [0.5, 0.6) is 5.75 Å². The van der Waals surface area contributed by atoms with Crippen LogP contribution in [-0.4, -0.2) is 30.5 Å². The number of ether oxygens (including phenoxy) is 1. The number of aliphatic hydroxyl groups is 2. The Bertz CT molecular complexity index is 297. The van der Waals surface area contributed by atoms with Crippen LogP contribution in [0.3, 0.4) is 0 Å². The highest BCUT2D eigenvalue weighted by molar-refractivity contribution is 5.36. The van der Waals surface area contributed by atoms with E-state index in [1.165, 1.54) is 0 Å². The number of methoxy groups -OCH3 is 1. The van der Waals surface area contributed by atoms with Gasteiger partial charge in [-0.15, -0.1) is 0 Å². The molecule has 0 aromatic heterocycles. The first-order valence-corrected chi connectivity index (χ1v) is 5.19. The van der Waals surface area contributed by atoms with E-state index in [4.69, 9.17) is 14.9 Å². The van der Waals surface area contributed by atoms with Crippen molar-refractivity contribution in [3.63, 3.8) is 0 Å². The van der Waals surface area contributed by atoms with Gasteiger partial charge in [-0.05, 0) is 42.5 Å². The Morgan fingerprint density at radius 2 is 1.87 bits per heavy atom. The van der Waals surface area contributed by atoms with Gasteiger partial charge in [0.05, 0.1) is 7.11 Å². The molecule has 0 aliphatic carbocycles. The molecule has 2 N–H and O–H groups in total. The molecule has 0 unspecified atom stereocenters. The maximum absolute atomic E-state index is 8.92. The van der Waals surface area contributed by atoms with Crippen LogP contribution >= 0.6 is 0 Å². The summed E-state index contributed by atoms with van der Waals surface area (Å²) in [6, 6.07) is 5.84. The molecule has 0 amide bonds. The summed E-state index contributed by atoms with van der Waals surface area (Å²) in [5, 5.41) is 17.7. The van der Waals surface area contributed by atoms with Gasteiger partial charge >= 0.3 is 0 Å². The first-order valence-electron chi connectivity index (χ1n) is 5.19. The highest BCUT2D eigenvalue weighted by Gasteiger charge is 2.03. The number of benzene rings is 1. The van der Waals surface area contributed by atoms with Crippen molar-refractivity contribution in [3.05, 3.63) is 29.3 Å².